The molecule has 0 aromatic heterocycles. The van der Waals surface area contributed by atoms with Crippen molar-refractivity contribution in [1.29, 1.82) is 0 Å². The van der Waals surface area contributed by atoms with Crippen LogP contribution in [0.25, 0.3) is 0 Å². The summed E-state index contributed by atoms with van der Waals surface area (Å²) in [6, 6.07) is 14.0. The molecule has 2 aromatic carbocycles. The molecule has 23 heavy (non-hydrogen) atoms. The van der Waals surface area contributed by atoms with Crippen LogP contribution < -0.4 is 9.47 Å². The van der Waals surface area contributed by atoms with E-state index in [1.165, 1.54) is 7.11 Å². The Hall–Kier alpha value is -2.82. The number of ether oxygens (including phenoxy) is 3. The van der Waals surface area contributed by atoms with Crippen LogP contribution >= 0.6 is 0 Å². The molecule has 2 rings (SSSR count). The molecule has 5 heteroatoms. The summed E-state index contributed by atoms with van der Waals surface area (Å²) in [5.41, 5.74) is 1.16. The predicted molar refractivity (Wildman–Crippen MR) is 85.0 cm³/mol. The van der Waals surface area contributed by atoms with Crippen LogP contribution in [-0.2, 0) is 16.0 Å². The molecular weight excluding hydrogens is 296 g/mol. The molecule has 0 fully saturated rings. The zero-order chi connectivity index (χ0) is 16.7. The highest BCUT2D eigenvalue weighted by molar-refractivity contribution is 6.00. The molecule has 0 aliphatic carbocycles. The summed E-state index contributed by atoms with van der Waals surface area (Å²) in [5, 5.41) is 0. The van der Waals surface area contributed by atoms with E-state index < -0.39 is 5.97 Å². The van der Waals surface area contributed by atoms with E-state index in [9.17, 15) is 9.59 Å². The van der Waals surface area contributed by atoms with Gasteiger partial charge in [-0.05, 0) is 29.8 Å². The minimum absolute atomic E-state index is 0.0798. The Kier molecular flexibility index (Phi) is 5.74. The number of benzene rings is 2. The summed E-state index contributed by atoms with van der Waals surface area (Å²) in [4.78, 5) is 24.0. The lowest BCUT2D eigenvalue weighted by Crippen LogP contribution is -2.16. The topological polar surface area (TPSA) is 61.8 Å². The number of Topliss-reactive ketones (excluding diaryl/α,β-unsaturated/α-hetero) is 1. The Labute approximate surface area is 134 Å². The van der Waals surface area contributed by atoms with Crippen LogP contribution in [0.5, 0.6) is 11.5 Å². The van der Waals surface area contributed by atoms with Gasteiger partial charge in [0.15, 0.2) is 6.61 Å². The lowest BCUT2D eigenvalue weighted by atomic mass is 10.1. The molecule has 0 heterocycles. The molecule has 0 unspecified atom stereocenters. The second-order valence-corrected chi connectivity index (χ2v) is 4.81. The summed E-state index contributed by atoms with van der Waals surface area (Å²) < 4.78 is 15.3. The van der Waals surface area contributed by atoms with Gasteiger partial charge in [0.05, 0.1) is 26.2 Å². The number of para-hydroxylation sites is 1. The number of hydrogen-bond donors (Lipinski definition) is 0. The van der Waals surface area contributed by atoms with Crippen molar-refractivity contribution in [3.63, 3.8) is 0 Å². The average molecular weight is 314 g/mol. The standard InChI is InChI=1S/C18H18O5/c1-21-14-7-5-6-13(10-14)11-18(20)23-12-16(19)15-8-3-4-9-17(15)22-2/h3-10H,11-12H2,1-2H3. The SMILES string of the molecule is COc1cccc(CC(=O)OCC(=O)c2ccccc2OC)c1. The third kappa shape index (κ3) is 4.57. The van der Waals surface area contributed by atoms with Crippen LogP contribution in [0.3, 0.4) is 0 Å². The molecule has 0 amide bonds. The highest BCUT2D eigenvalue weighted by Gasteiger charge is 2.14. The Balaban J connectivity index is 1.92. The fraction of sp³-hybridized carbons (Fsp3) is 0.222. The zero-order valence-corrected chi connectivity index (χ0v) is 13.1. The van der Waals surface area contributed by atoms with Crippen LogP contribution in [0.2, 0.25) is 0 Å². The molecule has 0 N–H and O–H groups in total. The third-order valence-electron chi connectivity index (χ3n) is 3.25. The second kappa shape index (κ2) is 7.98. The summed E-state index contributed by atoms with van der Waals surface area (Å²) in [6.07, 6.45) is 0.0798. The van der Waals surface area contributed by atoms with Gasteiger partial charge in [-0.25, -0.2) is 0 Å². The minimum Gasteiger partial charge on any atom is -0.497 e. The zero-order valence-electron chi connectivity index (χ0n) is 13.1. The monoisotopic (exact) mass is 314 g/mol. The van der Waals surface area contributed by atoms with Crippen molar-refractivity contribution in [2.45, 2.75) is 6.42 Å². The van der Waals surface area contributed by atoms with Crippen molar-refractivity contribution in [2.75, 3.05) is 20.8 Å². The minimum atomic E-state index is -0.471. The first kappa shape index (κ1) is 16.5. The van der Waals surface area contributed by atoms with Crippen LogP contribution in [-0.4, -0.2) is 32.6 Å². The molecule has 0 atom stereocenters. The second-order valence-electron chi connectivity index (χ2n) is 4.81. The number of rotatable bonds is 7. The van der Waals surface area contributed by atoms with Crippen molar-refractivity contribution in [3.8, 4) is 11.5 Å². The Morgan fingerprint density at radius 3 is 2.48 bits per heavy atom. The number of hydrogen-bond acceptors (Lipinski definition) is 5. The first-order chi connectivity index (χ1) is 11.1. The van der Waals surface area contributed by atoms with Gasteiger partial charge in [0.2, 0.25) is 5.78 Å². The van der Waals surface area contributed by atoms with E-state index in [0.29, 0.717) is 17.1 Å². The molecule has 5 nitrogen and oxygen atoms in total. The van der Waals surface area contributed by atoms with Gasteiger partial charge in [0.25, 0.3) is 0 Å². The molecule has 0 saturated heterocycles. The number of carbonyl (C=O) groups excluding carboxylic acids is 2. The molecule has 0 bridgehead atoms. The van der Waals surface area contributed by atoms with E-state index >= 15 is 0 Å². The van der Waals surface area contributed by atoms with Gasteiger partial charge < -0.3 is 14.2 Å². The summed E-state index contributed by atoms with van der Waals surface area (Å²) in [6.45, 7) is -0.316. The van der Waals surface area contributed by atoms with Crippen molar-refractivity contribution >= 4 is 11.8 Å². The van der Waals surface area contributed by atoms with E-state index in [0.717, 1.165) is 5.56 Å². The molecule has 0 radical (unpaired) electrons. The molecule has 0 aliphatic heterocycles. The van der Waals surface area contributed by atoms with Gasteiger partial charge in [-0.3, -0.25) is 9.59 Å². The summed E-state index contributed by atoms with van der Waals surface area (Å²) in [5.74, 6) is 0.352. The van der Waals surface area contributed by atoms with Gasteiger partial charge in [-0.1, -0.05) is 24.3 Å². The lowest BCUT2D eigenvalue weighted by Gasteiger charge is -2.08. The Bertz CT molecular complexity index is 693. The van der Waals surface area contributed by atoms with Crippen LogP contribution in [0.15, 0.2) is 48.5 Å². The van der Waals surface area contributed by atoms with Gasteiger partial charge >= 0.3 is 5.97 Å². The van der Waals surface area contributed by atoms with E-state index in [-0.39, 0.29) is 18.8 Å². The first-order valence-corrected chi connectivity index (χ1v) is 7.09. The summed E-state index contributed by atoms with van der Waals surface area (Å²) >= 11 is 0. The maximum absolute atomic E-state index is 12.1. The van der Waals surface area contributed by atoms with Crippen molar-refractivity contribution in [3.05, 3.63) is 59.7 Å². The molecular formula is C18H18O5. The van der Waals surface area contributed by atoms with Crippen molar-refractivity contribution in [2.24, 2.45) is 0 Å². The number of ketones is 1. The van der Waals surface area contributed by atoms with Crippen molar-refractivity contribution in [1.82, 2.24) is 0 Å². The number of methoxy groups -OCH3 is 2. The lowest BCUT2D eigenvalue weighted by molar-refractivity contribution is -0.141. The Morgan fingerprint density at radius 2 is 1.74 bits per heavy atom. The third-order valence-corrected chi connectivity index (χ3v) is 3.25. The van der Waals surface area contributed by atoms with Crippen LogP contribution in [0, 0.1) is 0 Å². The highest BCUT2D eigenvalue weighted by atomic mass is 16.5. The largest absolute Gasteiger partial charge is 0.497 e. The Morgan fingerprint density at radius 1 is 0.957 bits per heavy atom. The van der Waals surface area contributed by atoms with Crippen LogP contribution in [0.1, 0.15) is 15.9 Å². The quantitative estimate of drug-likeness (QED) is 0.581. The number of esters is 1. The molecule has 120 valence electrons. The molecule has 2 aromatic rings. The van der Waals surface area contributed by atoms with E-state index in [1.54, 1.807) is 55.6 Å². The maximum atomic E-state index is 12.1. The molecule has 0 saturated carbocycles. The normalized spacial score (nSPS) is 10.0. The summed E-state index contributed by atoms with van der Waals surface area (Å²) in [7, 11) is 3.05. The van der Waals surface area contributed by atoms with Gasteiger partial charge in [-0.2, -0.15) is 0 Å². The van der Waals surface area contributed by atoms with Crippen LogP contribution in [0.4, 0.5) is 0 Å². The van der Waals surface area contributed by atoms with E-state index in [1.807, 2.05) is 0 Å². The van der Waals surface area contributed by atoms with Crippen molar-refractivity contribution < 1.29 is 23.8 Å². The number of carbonyl (C=O) groups is 2. The van der Waals surface area contributed by atoms with Gasteiger partial charge in [0.1, 0.15) is 11.5 Å². The van der Waals surface area contributed by atoms with Gasteiger partial charge in [-0.15, -0.1) is 0 Å². The first-order valence-electron chi connectivity index (χ1n) is 7.09. The highest BCUT2D eigenvalue weighted by Crippen LogP contribution is 2.18. The maximum Gasteiger partial charge on any atom is 0.310 e. The van der Waals surface area contributed by atoms with Gasteiger partial charge in [0, 0.05) is 0 Å². The fourth-order valence-corrected chi connectivity index (χ4v) is 2.10. The van der Waals surface area contributed by atoms with E-state index in [4.69, 9.17) is 14.2 Å². The fourth-order valence-electron chi connectivity index (χ4n) is 2.10. The average Bonchev–Trinajstić information content (AvgIpc) is 2.59. The molecule has 0 aliphatic rings. The predicted octanol–water partition coefficient (Wildman–Crippen LogP) is 2.67. The smallest absolute Gasteiger partial charge is 0.310 e. The van der Waals surface area contributed by atoms with E-state index in [2.05, 4.69) is 0 Å². The molecule has 0 spiro atoms.